The highest BCUT2D eigenvalue weighted by Crippen LogP contribution is 2.25. The molecular formula is C23H22Cl2N4O. The summed E-state index contributed by atoms with van der Waals surface area (Å²) >= 11 is 12.0. The van der Waals surface area contributed by atoms with Crippen molar-refractivity contribution >= 4 is 40.6 Å². The zero-order chi connectivity index (χ0) is 20.9. The van der Waals surface area contributed by atoms with Crippen molar-refractivity contribution in [3.63, 3.8) is 0 Å². The predicted molar refractivity (Wildman–Crippen MR) is 123 cm³/mol. The zero-order valence-corrected chi connectivity index (χ0v) is 18.0. The molecular weight excluding hydrogens is 419 g/mol. The van der Waals surface area contributed by atoms with Crippen LogP contribution in [0.3, 0.4) is 0 Å². The van der Waals surface area contributed by atoms with Crippen LogP contribution in [0.4, 0.5) is 11.5 Å². The van der Waals surface area contributed by atoms with Crippen LogP contribution in [0, 0.1) is 0 Å². The highest BCUT2D eigenvalue weighted by molar-refractivity contribution is 6.37. The lowest BCUT2D eigenvalue weighted by molar-refractivity contribution is 0.102. The quantitative estimate of drug-likeness (QED) is 0.533. The molecule has 1 amide bonds. The minimum atomic E-state index is -0.295. The Morgan fingerprint density at radius 1 is 0.900 bits per heavy atom. The summed E-state index contributed by atoms with van der Waals surface area (Å²) in [7, 11) is 0. The van der Waals surface area contributed by atoms with Crippen molar-refractivity contribution in [1.29, 1.82) is 0 Å². The normalized spacial score (nSPS) is 14.3. The van der Waals surface area contributed by atoms with Crippen molar-refractivity contribution < 1.29 is 4.79 Å². The number of aromatic nitrogens is 2. The molecule has 1 aromatic heterocycles. The summed E-state index contributed by atoms with van der Waals surface area (Å²) in [6.45, 7) is 2.06. The number of benzene rings is 2. The molecule has 4 rings (SSSR count). The van der Waals surface area contributed by atoms with Crippen LogP contribution in [0.5, 0.6) is 0 Å². The van der Waals surface area contributed by atoms with Crippen molar-refractivity contribution in [1.82, 2.24) is 10.2 Å². The molecule has 5 nitrogen and oxygen atoms in total. The van der Waals surface area contributed by atoms with Gasteiger partial charge in [0, 0.05) is 29.4 Å². The Bertz CT molecular complexity index is 1030. The highest BCUT2D eigenvalue weighted by Gasteiger charge is 2.13. The first-order chi connectivity index (χ1) is 14.6. The van der Waals surface area contributed by atoms with E-state index < -0.39 is 0 Å². The topological polar surface area (TPSA) is 58.1 Å². The molecule has 1 N–H and O–H groups in total. The Morgan fingerprint density at radius 2 is 1.70 bits per heavy atom. The molecule has 1 fully saturated rings. The van der Waals surface area contributed by atoms with Gasteiger partial charge >= 0.3 is 0 Å². The molecule has 0 bridgehead atoms. The summed E-state index contributed by atoms with van der Waals surface area (Å²) in [6, 6.07) is 16.3. The van der Waals surface area contributed by atoms with Gasteiger partial charge in [0.25, 0.3) is 5.91 Å². The number of carbonyl (C=O) groups excluding carboxylic acids is 1. The van der Waals surface area contributed by atoms with E-state index in [1.54, 1.807) is 18.2 Å². The molecule has 0 saturated carbocycles. The Balaban J connectivity index is 1.49. The average Bonchev–Trinajstić information content (AvgIpc) is 3.03. The number of anilines is 2. The van der Waals surface area contributed by atoms with E-state index in [2.05, 4.69) is 20.4 Å². The smallest absolute Gasteiger partial charge is 0.257 e. The van der Waals surface area contributed by atoms with Crippen molar-refractivity contribution in [3.8, 4) is 11.3 Å². The second kappa shape index (κ2) is 9.45. The van der Waals surface area contributed by atoms with Gasteiger partial charge in [0.2, 0.25) is 0 Å². The van der Waals surface area contributed by atoms with E-state index in [-0.39, 0.29) is 5.91 Å². The Hall–Kier alpha value is -2.63. The summed E-state index contributed by atoms with van der Waals surface area (Å²) in [5.74, 6) is 0.624. The molecule has 0 aliphatic carbocycles. The molecule has 0 atom stereocenters. The van der Waals surface area contributed by atoms with Crippen molar-refractivity contribution in [2.45, 2.75) is 25.7 Å². The second-order valence-corrected chi connectivity index (χ2v) is 8.18. The van der Waals surface area contributed by atoms with Crippen molar-refractivity contribution in [3.05, 3.63) is 70.2 Å². The van der Waals surface area contributed by atoms with Gasteiger partial charge in [0.15, 0.2) is 5.82 Å². The number of hydrogen-bond acceptors (Lipinski definition) is 4. The monoisotopic (exact) mass is 440 g/mol. The number of rotatable bonds is 4. The van der Waals surface area contributed by atoms with Crippen molar-refractivity contribution in [2.24, 2.45) is 0 Å². The van der Waals surface area contributed by atoms with Crippen LogP contribution < -0.4 is 10.2 Å². The summed E-state index contributed by atoms with van der Waals surface area (Å²) < 4.78 is 0. The number of hydrogen-bond donors (Lipinski definition) is 1. The summed E-state index contributed by atoms with van der Waals surface area (Å²) in [6.07, 6.45) is 4.95. The van der Waals surface area contributed by atoms with Gasteiger partial charge in [0.1, 0.15) is 0 Å². The first-order valence-electron chi connectivity index (χ1n) is 10.1. The third kappa shape index (κ3) is 4.91. The van der Waals surface area contributed by atoms with Gasteiger partial charge in [0.05, 0.1) is 16.3 Å². The van der Waals surface area contributed by atoms with Gasteiger partial charge in [-0.2, -0.15) is 0 Å². The molecule has 0 unspecified atom stereocenters. The maximum absolute atomic E-state index is 12.6. The second-order valence-electron chi connectivity index (χ2n) is 7.34. The molecule has 1 aliphatic rings. The molecule has 0 radical (unpaired) electrons. The van der Waals surface area contributed by atoms with E-state index in [1.807, 2.05) is 36.4 Å². The van der Waals surface area contributed by atoms with Crippen LogP contribution in [0.1, 0.15) is 36.0 Å². The van der Waals surface area contributed by atoms with Gasteiger partial charge < -0.3 is 10.2 Å². The lowest BCUT2D eigenvalue weighted by atomic mass is 10.1. The SMILES string of the molecule is O=C(Nc1cccc(-c2ccc(N3CCCCCC3)nn2)c1)c1ccc(Cl)cc1Cl. The standard InChI is InChI=1S/C23H22Cl2N4O/c24-17-8-9-19(20(25)15-17)23(30)26-18-7-5-6-16(14-18)21-10-11-22(28-27-21)29-12-3-1-2-4-13-29/h5-11,14-15H,1-4,12-13H2,(H,26,30). The van der Waals surface area contributed by atoms with Crippen LogP contribution in [-0.4, -0.2) is 29.2 Å². The largest absolute Gasteiger partial charge is 0.355 e. The molecule has 2 heterocycles. The van der Waals surface area contributed by atoms with Crippen LogP contribution >= 0.6 is 23.2 Å². The third-order valence-corrected chi connectivity index (χ3v) is 5.72. The Labute approximate surface area is 186 Å². The lowest BCUT2D eigenvalue weighted by Crippen LogP contribution is -2.25. The molecule has 1 aliphatic heterocycles. The van der Waals surface area contributed by atoms with Crippen LogP contribution in [0.25, 0.3) is 11.3 Å². The predicted octanol–water partition coefficient (Wildman–Crippen LogP) is 6.08. The molecule has 0 spiro atoms. The van der Waals surface area contributed by atoms with Crippen LogP contribution in [-0.2, 0) is 0 Å². The molecule has 1 saturated heterocycles. The van der Waals surface area contributed by atoms with E-state index in [1.165, 1.54) is 25.7 Å². The van der Waals surface area contributed by atoms with E-state index in [9.17, 15) is 4.79 Å². The number of amides is 1. The van der Waals surface area contributed by atoms with Gasteiger partial charge in [-0.1, -0.05) is 48.2 Å². The Kier molecular flexibility index (Phi) is 6.50. The summed E-state index contributed by atoms with van der Waals surface area (Å²) in [5, 5.41) is 12.5. The van der Waals surface area contributed by atoms with Gasteiger partial charge in [-0.3, -0.25) is 4.79 Å². The lowest BCUT2D eigenvalue weighted by Gasteiger charge is -2.20. The highest BCUT2D eigenvalue weighted by atomic mass is 35.5. The first-order valence-corrected chi connectivity index (χ1v) is 10.8. The van der Waals surface area contributed by atoms with Gasteiger partial charge in [-0.15, -0.1) is 10.2 Å². The number of nitrogens with one attached hydrogen (secondary N) is 1. The third-order valence-electron chi connectivity index (χ3n) is 5.17. The van der Waals surface area contributed by atoms with Gasteiger partial charge in [-0.25, -0.2) is 0 Å². The Morgan fingerprint density at radius 3 is 2.40 bits per heavy atom. The fourth-order valence-corrected chi connectivity index (χ4v) is 4.07. The number of halogens is 2. The fourth-order valence-electron chi connectivity index (χ4n) is 3.58. The van der Waals surface area contributed by atoms with Crippen LogP contribution in [0.15, 0.2) is 54.6 Å². The average molecular weight is 441 g/mol. The first kappa shape index (κ1) is 20.6. The maximum atomic E-state index is 12.6. The van der Waals surface area contributed by atoms with E-state index in [4.69, 9.17) is 23.2 Å². The molecule has 7 heteroatoms. The van der Waals surface area contributed by atoms with Crippen molar-refractivity contribution in [2.75, 3.05) is 23.3 Å². The van der Waals surface area contributed by atoms with Gasteiger partial charge in [-0.05, 0) is 55.3 Å². The molecule has 2 aromatic carbocycles. The van der Waals surface area contributed by atoms with E-state index in [0.717, 1.165) is 30.2 Å². The number of nitrogens with zero attached hydrogens (tertiary/aromatic N) is 3. The fraction of sp³-hybridized carbons (Fsp3) is 0.261. The molecule has 30 heavy (non-hydrogen) atoms. The summed E-state index contributed by atoms with van der Waals surface area (Å²) in [5.41, 5.74) is 2.66. The van der Waals surface area contributed by atoms with Crippen LogP contribution in [0.2, 0.25) is 10.0 Å². The van der Waals surface area contributed by atoms with E-state index in [0.29, 0.717) is 21.3 Å². The molecule has 3 aromatic rings. The summed E-state index contributed by atoms with van der Waals surface area (Å²) in [4.78, 5) is 14.9. The minimum absolute atomic E-state index is 0.295. The number of carbonyl (C=O) groups is 1. The zero-order valence-electron chi connectivity index (χ0n) is 16.4. The van der Waals surface area contributed by atoms with E-state index >= 15 is 0 Å². The maximum Gasteiger partial charge on any atom is 0.257 e. The molecule has 154 valence electrons. The minimum Gasteiger partial charge on any atom is -0.355 e.